The van der Waals surface area contributed by atoms with E-state index in [-0.39, 0.29) is 30.0 Å². The maximum Gasteiger partial charge on any atom is 0.230 e. The molecule has 2 heterocycles. The van der Waals surface area contributed by atoms with Gasteiger partial charge in [-0.1, -0.05) is 42.5 Å². The van der Waals surface area contributed by atoms with Gasteiger partial charge in [-0.2, -0.15) is 0 Å². The summed E-state index contributed by atoms with van der Waals surface area (Å²) >= 11 is 0. The topological polar surface area (TPSA) is 78.9 Å². The van der Waals surface area contributed by atoms with Crippen molar-refractivity contribution in [3.05, 3.63) is 65.7 Å². The van der Waals surface area contributed by atoms with E-state index in [4.69, 9.17) is 4.74 Å². The second-order valence-electron chi connectivity index (χ2n) is 8.40. The minimum absolute atomic E-state index is 0.0249. The third-order valence-electron chi connectivity index (χ3n) is 6.03. The van der Waals surface area contributed by atoms with Crippen LogP contribution in [0.15, 0.2) is 54.6 Å². The van der Waals surface area contributed by atoms with Crippen LogP contribution in [0, 0.1) is 5.41 Å². The smallest absolute Gasteiger partial charge is 0.230 e. The number of aromatic hydroxyl groups is 1. The van der Waals surface area contributed by atoms with Gasteiger partial charge in [0.15, 0.2) is 0 Å². The monoisotopic (exact) mass is 408 g/mol. The molecule has 0 bridgehead atoms. The van der Waals surface area contributed by atoms with Crippen molar-refractivity contribution in [2.45, 2.75) is 31.7 Å². The molecule has 0 spiro atoms. The SMILES string of the molecule is O=C(Cc1cccc(O)c1)N1CC(Cc2ccccc2)(C(=O)NC2CCOCC2)C1. The highest BCUT2D eigenvalue weighted by atomic mass is 16.5. The Morgan fingerprint density at radius 1 is 1.03 bits per heavy atom. The third kappa shape index (κ3) is 4.65. The fourth-order valence-electron chi connectivity index (χ4n) is 4.32. The second-order valence-corrected chi connectivity index (χ2v) is 8.40. The Kier molecular flexibility index (Phi) is 6.04. The predicted octanol–water partition coefficient (Wildman–Crippen LogP) is 2.30. The van der Waals surface area contributed by atoms with Crippen LogP contribution in [0.1, 0.15) is 24.0 Å². The molecular weight excluding hydrogens is 380 g/mol. The number of phenols is 1. The highest BCUT2D eigenvalue weighted by molar-refractivity contribution is 5.89. The molecule has 2 aliphatic heterocycles. The molecule has 2 aromatic rings. The van der Waals surface area contributed by atoms with Gasteiger partial charge in [0.2, 0.25) is 11.8 Å². The van der Waals surface area contributed by atoms with E-state index in [1.54, 1.807) is 23.1 Å². The van der Waals surface area contributed by atoms with Crippen LogP contribution >= 0.6 is 0 Å². The number of amides is 2. The van der Waals surface area contributed by atoms with Crippen molar-refractivity contribution in [2.24, 2.45) is 5.41 Å². The van der Waals surface area contributed by atoms with Crippen LogP contribution in [0.2, 0.25) is 0 Å². The summed E-state index contributed by atoms with van der Waals surface area (Å²) in [4.78, 5) is 27.8. The standard InChI is InChI=1S/C24H28N2O4/c27-21-8-4-7-19(13-21)14-22(28)26-16-24(17-26,15-18-5-2-1-3-6-18)23(29)25-20-9-11-30-12-10-20/h1-8,13,20,27H,9-12,14-17H2,(H,25,29). The van der Waals surface area contributed by atoms with Crippen LogP contribution in [0.25, 0.3) is 0 Å². The van der Waals surface area contributed by atoms with Gasteiger partial charge >= 0.3 is 0 Å². The van der Waals surface area contributed by atoms with Gasteiger partial charge in [-0.3, -0.25) is 9.59 Å². The van der Waals surface area contributed by atoms with E-state index in [0.29, 0.717) is 32.7 Å². The number of nitrogens with one attached hydrogen (secondary N) is 1. The lowest BCUT2D eigenvalue weighted by Gasteiger charge is -2.49. The lowest BCUT2D eigenvalue weighted by Crippen LogP contribution is -2.66. The maximum atomic E-state index is 13.3. The molecule has 2 fully saturated rings. The van der Waals surface area contributed by atoms with E-state index < -0.39 is 5.41 Å². The molecule has 4 rings (SSSR count). The first-order valence-electron chi connectivity index (χ1n) is 10.5. The van der Waals surface area contributed by atoms with E-state index in [9.17, 15) is 14.7 Å². The Bertz CT molecular complexity index is 887. The van der Waals surface area contributed by atoms with E-state index in [1.807, 2.05) is 36.4 Å². The summed E-state index contributed by atoms with van der Waals surface area (Å²) in [5.41, 5.74) is 1.26. The van der Waals surface area contributed by atoms with Crippen LogP contribution in [0.4, 0.5) is 0 Å². The average Bonchev–Trinajstić information content (AvgIpc) is 2.71. The molecule has 0 radical (unpaired) electrons. The molecule has 2 saturated heterocycles. The average molecular weight is 408 g/mol. The molecule has 2 N–H and O–H groups in total. The zero-order chi connectivity index (χ0) is 21.0. The molecular formula is C24H28N2O4. The van der Waals surface area contributed by atoms with Crippen LogP contribution < -0.4 is 5.32 Å². The van der Waals surface area contributed by atoms with Gasteiger partial charge in [0.1, 0.15) is 5.75 Å². The number of carbonyl (C=O) groups is 2. The molecule has 6 heteroatoms. The number of benzene rings is 2. The zero-order valence-corrected chi connectivity index (χ0v) is 17.0. The summed E-state index contributed by atoms with van der Waals surface area (Å²) in [5.74, 6) is 0.154. The number of hydrogen-bond acceptors (Lipinski definition) is 4. The van der Waals surface area contributed by atoms with Gasteiger partial charge in [0.05, 0.1) is 11.8 Å². The van der Waals surface area contributed by atoms with Gasteiger partial charge in [0, 0.05) is 32.3 Å². The van der Waals surface area contributed by atoms with Gasteiger partial charge in [-0.25, -0.2) is 0 Å². The van der Waals surface area contributed by atoms with Crippen molar-refractivity contribution < 1.29 is 19.4 Å². The van der Waals surface area contributed by atoms with E-state index >= 15 is 0 Å². The Hall–Kier alpha value is -2.86. The largest absolute Gasteiger partial charge is 0.508 e. The van der Waals surface area contributed by atoms with Gasteiger partial charge < -0.3 is 20.1 Å². The maximum absolute atomic E-state index is 13.3. The van der Waals surface area contributed by atoms with E-state index in [2.05, 4.69) is 5.32 Å². The summed E-state index contributed by atoms with van der Waals surface area (Å²) in [5, 5.41) is 12.8. The Morgan fingerprint density at radius 2 is 1.73 bits per heavy atom. The molecule has 0 unspecified atom stereocenters. The van der Waals surface area contributed by atoms with Gasteiger partial charge in [-0.15, -0.1) is 0 Å². The summed E-state index contributed by atoms with van der Waals surface area (Å²) in [6.45, 7) is 2.17. The van der Waals surface area contributed by atoms with Gasteiger partial charge in [0.25, 0.3) is 0 Å². The molecule has 0 atom stereocenters. The molecule has 2 aliphatic rings. The highest BCUT2D eigenvalue weighted by Gasteiger charge is 2.51. The number of hydrogen-bond donors (Lipinski definition) is 2. The first kappa shape index (κ1) is 20.4. The first-order chi connectivity index (χ1) is 14.5. The fraction of sp³-hybridized carbons (Fsp3) is 0.417. The van der Waals surface area contributed by atoms with Crippen molar-refractivity contribution in [2.75, 3.05) is 26.3 Å². The van der Waals surface area contributed by atoms with Crippen LogP contribution in [-0.2, 0) is 27.2 Å². The third-order valence-corrected chi connectivity index (χ3v) is 6.03. The van der Waals surface area contributed by atoms with Crippen LogP contribution in [0.3, 0.4) is 0 Å². The molecule has 6 nitrogen and oxygen atoms in total. The summed E-state index contributed by atoms with van der Waals surface area (Å²) < 4.78 is 5.39. The number of nitrogens with zero attached hydrogens (tertiary/aromatic N) is 1. The number of ether oxygens (including phenoxy) is 1. The van der Waals surface area contributed by atoms with Crippen molar-refractivity contribution >= 4 is 11.8 Å². The van der Waals surface area contributed by atoms with Crippen molar-refractivity contribution in [1.82, 2.24) is 10.2 Å². The van der Waals surface area contributed by atoms with Crippen molar-refractivity contribution in [3.63, 3.8) is 0 Å². The van der Waals surface area contributed by atoms with E-state index in [1.165, 1.54) is 0 Å². The first-order valence-corrected chi connectivity index (χ1v) is 10.5. The number of phenolic OH excluding ortho intramolecular Hbond substituents is 1. The summed E-state index contributed by atoms with van der Waals surface area (Å²) in [6, 6.07) is 16.9. The molecule has 0 aromatic heterocycles. The Balaban J connectivity index is 1.44. The van der Waals surface area contributed by atoms with Crippen molar-refractivity contribution in [1.29, 1.82) is 0 Å². The van der Waals surface area contributed by atoms with Gasteiger partial charge in [-0.05, 0) is 42.5 Å². The molecule has 0 aliphatic carbocycles. The normalized spacial score (nSPS) is 18.5. The second kappa shape index (κ2) is 8.88. The number of carbonyl (C=O) groups excluding carboxylic acids is 2. The molecule has 0 saturated carbocycles. The lowest BCUT2D eigenvalue weighted by atomic mass is 9.73. The van der Waals surface area contributed by atoms with E-state index in [0.717, 1.165) is 24.0 Å². The van der Waals surface area contributed by atoms with Crippen LogP contribution in [-0.4, -0.2) is 54.2 Å². The summed E-state index contributed by atoms with van der Waals surface area (Å²) in [6.07, 6.45) is 2.48. The Labute approximate surface area is 176 Å². The zero-order valence-electron chi connectivity index (χ0n) is 17.0. The molecule has 2 aromatic carbocycles. The van der Waals surface area contributed by atoms with Crippen molar-refractivity contribution in [3.8, 4) is 5.75 Å². The fourth-order valence-corrected chi connectivity index (χ4v) is 4.32. The number of rotatable bonds is 6. The Morgan fingerprint density at radius 3 is 2.43 bits per heavy atom. The molecule has 2 amide bonds. The van der Waals surface area contributed by atoms with Crippen LogP contribution in [0.5, 0.6) is 5.75 Å². The molecule has 158 valence electrons. The highest BCUT2D eigenvalue weighted by Crippen LogP contribution is 2.35. The minimum Gasteiger partial charge on any atom is -0.508 e. The lowest BCUT2D eigenvalue weighted by molar-refractivity contribution is -0.153. The minimum atomic E-state index is -0.603. The number of likely N-dealkylation sites (tertiary alicyclic amines) is 1. The summed E-state index contributed by atoms with van der Waals surface area (Å²) in [7, 11) is 0. The quantitative estimate of drug-likeness (QED) is 0.769. The predicted molar refractivity (Wildman–Crippen MR) is 113 cm³/mol. The molecule has 30 heavy (non-hydrogen) atoms.